The number of nitrogens with one attached hydrogen (secondary N) is 2. The third-order valence-corrected chi connectivity index (χ3v) is 4.86. The number of nitrogens with zero attached hydrogens (tertiary/aromatic N) is 4. The van der Waals surface area contributed by atoms with Gasteiger partial charge in [0.1, 0.15) is 23.0 Å². The second kappa shape index (κ2) is 7.84. The topological polar surface area (TPSA) is 57.0 Å². The first kappa shape index (κ1) is 18.2. The zero-order valence-corrected chi connectivity index (χ0v) is 15.6. The fraction of sp³-hybridized carbons (Fsp3) is 0.300. The number of guanidine groups is 1. The minimum absolute atomic E-state index is 0.0412. The van der Waals surface area contributed by atoms with Crippen LogP contribution in [-0.2, 0) is 6.54 Å². The van der Waals surface area contributed by atoms with E-state index in [2.05, 4.69) is 20.6 Å². The van der Waals surface area contributed by atoms with E-state index in [1.165, 1.54) is 18.2 Å². The van der Waals surface area contributed by atoms with Crippen LogP contribution in [0.25, 0.3) is 5.65 Å². The summed E-state index contributed by atoms with van der Waals surface area (Å²) < 4.78 is 30.0. The van der Waals surface area contributed by atoms with Gasteiger partial charge in [-0.15, -0.1) is 0 Å². The molecule has 1 aliphatic heterocycles. The number of hydrogen-bond acceptors (Lipinski definition) is 3. The van der Waals surface area contributed by atoms with Gasteiger partial charge in [-0.25, -0.2) is 13.8 Å². The van der Waals surface area contributed by atoms with Crippen molar-refractivity contribution >= 4 is 17.3 Å². The van der Waals surface area contributed by atoms with E-state index in [1.54, 1.807) is 11.9 Å². The van der Waals surface area contributed by atoms with Crippen LogP contribution < -0.4 is 15.5 Å². The SMILES string of the molecule is CN=C(NCc1cn2ccccc2n1)NC1CCN(c2c(F)cccc2F)C1. The van der Waals surface area contributed by atoms with Crippen molar-refractivity contribution in [3.8, 4) is 0 Å². The minimum Gasteiger partial charge on any atom is -0.365 e. The Kier molecular flexibility index (Phi) is 5.10. The molecule has 4 rings (SSSR count). The average molecular weight is 384 g/mol. The van der Waals surface area contributed by atoms with Crippen LogP contribution in [0.4, 0.5) is 14.5 Å². The molecule has 1 aliphatic rings. The molecule has 3 aromatic rings. The molecule has 0 bridgehead atoms. The van der Waals surface area contributed by atoms with Crippen molar-refractivity contribution in [2.24, 2.45) is 4.99 Å². The fourth-order valence-corrected chi connectivity index (χ4v) is 3.51. The summed E-state index contributed by atoms with van der Waals surface area (Å²) in [7, 11) is 1.70. The monoisotopic (exact) mass is 384 g/mol. The molecule has 2 N–H and O–H groups in total. The molecule has 1 unspecified atom stereocenters. The Morgan fingerprint density at radius 1 is 1.21 bits per heavy atom. The van der Waals surface area contributed by atoms with Crippen molar-refractivity contribution in [3.63, 3.8) is 0 Å². The van der Waals surface area contributed by atoms with Gasteiger partial charge in [0.05, 0.1) is 12.2 Å². The maximum absolute atomic E-state index is 14.0. The molecule has 1 aromatic carbocycles. The molecule has 0 radical (unpaired) electrons. The number of benzene rings is 1. The molecule has 0 spiro atoms. The maximum atomic E-state index is 14.0. The molecule has 0 aliphatic carbocycles. The van der Waals surface area contributed by atoms with Gasteiger partial charge in [0, 0.05) is 38.6 Å². The largest absolute Gasteiger partial charge is 0.365 e. The van der Waals surface area contributed by atoms with Crippen LogP contribution in [0.1, 0.15) is 12.1 Å². The summed E-state index contributed by atoms with van der Waals surface area (Å²) in [6.07, 6.45) is 4.69. The van der Waals surface area contributed by atoms with E-state index in [0.717, 1.165) is 17.8 Å². The number of anilines is 1. The molecule has 0 amide bonds. The van der Waals surface area contributed by atoms with Gasteiger partial charge in [0.2, 0.25) is 0 Å². The first-order chi connectivity index (χ1) is 13.6. The summed E-state index contributed by atoms with van der Waals surface area (Å²) in [6.45, 7) is 1.62. The molecule has 28 heavy (non-hydrogen) atoms. The lowest BCUT2D eigenvalue weighted by atomic mass is 10.2. The summed E-state index contributed by atoms with van der Waals surface area (Å²) in [6, 6.07) is 9.85. The van der Waals surface area contributed by atoms with E-state index in [0.29, 0.717) is 25.6 Å². The number of aliphatic imine (C=N–C) groups is 1. The predicted octanol–water partition coefficient (Wildman–Crippen LogP) is 2.56. The van der Waals surface area contributed by atoms with Gasteiger partial charge in [0.25, 0.3) is 0 Å². The highest BCUT2D eigenvalue weighted by Gasteiger charge is 2.27. The Morgan fingerprint density at radius 3 is 2.79 bits per heavy atom. The highest BCUT2D eigenvalue weighted by molar-refractivity contribution is 5.80. The number of halogens is 2. The normalized spacial score (nSPS) is 17.3. The Balaban J connectivity index is 1.35. The van der Waals surface area contributed by atoms with Crippen molar-refractivity contribution in [3.05, 3.63) is 66.1 Å². The van der Waals surface area contributed by atoms with Gasteiger partial charge < -0.3 is 19.9 Å². The van der Waals surface area contributed by atoms with Crippen LogP contribution in [0.15, 0.2) is 53.8 Å². The standard InChI is InChI=1S/C20H22F2N6/c1-23-20(24-11-15-13-27-9-3-2-7-18(27)25-15)26-14-8-10-28(12-14)19-16(21)5-4-6-17(19)22/h2-7,9,13-14H,8,10-12H2,1H3,(H2,23,24,26). The average Bonchev–Trinajstić information content (AvgIpc) is 3.31. The first-order valence-electron chi connectivity index (χ1n) is 9.23. The molecule has 0 saturated carbocycles. The molecule has 8 heteroatoms. The molecule has 1 atom stereocenters. The van der Waals surface area contributed by atoms with Crippen molar-refractivity contribution in [2.45, 2.75) is 19.0 Å². The highest BCUT2D eigenvalue weighted by atomic mass is 19.1. The zero-order valence-electron chi connectivity index (χ0n) is 15.6. The minimum atomic E-state index is -0.532. The molecular formula is C20H22F2N6. The van der Waals surface area contributed by atoms with Crippen LogP contribution in [0, 0.1) is 11.6 Å². The van der Waals surface area contributed by atoms with Crippen LogP contribution in [0.3, 0.4) is 0 Å². The van der Waals surface area contributed by atoms with Gasteiger partial charge >= 0.3 is 0 Å². The van der Waals surface area contributed by atoms with E-state index in [1.807, 2.05) is 35.0 Å². The smallest absolute Gasteiger partial charge is 0.191 e. The molecule has 1 fully saturated rings. The van der Waals surface area contributed by atoms with Gasteiger partial charge in [-0.05, 0) is 30.7 Å². The van der Waals surface area contributed by atoms with E-state index in [4.69, 9.17) is 0 Å². The number of para-hydroxylation sites is 1. The number of aromatic nitrogens is 2. The summed E-state index contributed by atoms with van der Waals surface area (Å²) in [5, 5.41) is 6.57. The lowest BCUT2D eigenvalue weighted by Gasteiger charge is -2.21. The highest BCUT2D eigenvalue weighted by Crippen LogP contribution is 2.26. The number of rotatable bonds is 4. The van der Waals surface area contributed by atoms with Crippen molar-refractivity contribution < 1.29 is 8.78 Å². The maximum Gasteiger partial charge on any atom is 0.191 e. The molecular weight excluding hydrogens is 362 g/mol. The summed E-state index contributed by atoms with van der Waals surface area (Å²) in [4.78, 5) is 10.5. The van der Waals surface area contributed by atoms with Crippen molar-refractivity contribution in [1.82, 2.24) is 20.0 Å². The molecule has 2 aromatic heterocycles. The summed E-state index contributed by atoms with van der Waals surface area (Å²) >= 11 is 0. The third-order valence-electron chi connectivity index (χ3n) is 4.86. The van der Waals surface area contributed by atoms with E-state index < -0.39 is 11.6 Å². The lowest BCUT2D eigenvalue weighted by molar-refractivity contribution is 0.576. The van der Waals surface area contributed by atoms with E-state index in [9.17, 15) is 8.78 Å². The quantitative estimate of drug-likeness (QED) is 0.536. The van der Waals surface area contributed by atoms with Crippen molar-refractivity contribution in [1.29, 1.82) is 0 Å². The Morgan fingerprint density at radius 2 is 2.04 bits per heavy atom. The molecule has 6 nitrogen and oxygen atoms in total. The van der Waals surface area contributed by atoms with Gasteiger partial charge in [-0.1, -0.05) is 12.1 Å². The molecule has 3 heterocycles. The van der Waals surface area contributed by atoms with Crippen LogP contribution >= 0.6 is 0 Å². The van der Waals surface area contributed by atoms with Crippen molar-refractivity contribution in [2.75, 3.05) is 25.0 Å². The summed E-state index contributed by atoms with van der Waals surface area (Å²) in [5.41, 5.74) is 1.83. The van der Waals surface area contributed by atoms with E-state index in [-0.39, 0.29) is 11.7 Å². The van der Waals surface area contributed by atoms with Gasteiger partial charge in [-0.2, -0.15) is 0 Å². The summed E-state index contributed by atoms with van der Waals surface area (Å²) in [5.74, 6) is -0.428. The first-order valence-corrected chi connectivity index (χ1v) is 9.23. The zero-order chi connectivity index (χ0) is 19.5. The van der Waals surface area contributed by atoms with E-state index >= 15 is 0 Å². The third kappa shape index (κ3) is 3.76. The Hall–Kier alpha value is -3.16. The Labute approximate surface area is 161 Å². The number of fused-ring (bicyclic) bond motifs is 1. The number of imidazole rings is 1. The van der Waals surface area contributed by atoms with Crippen LogP contribution in [-0.4, -0.2) is 41.5 Å². The predicted molar refractivity (Wildman–Crippen MR) is 106 cm³/mol. The number of hydrogen-bond donors (Lipinski definition) is 2. The van der Waals surface area contributed by atoms with Gasteiger partial charge in [-0.3, -0.25) is 4.99 Å². The fourth-order valence-electron chi connectivity index (χ4n) is 3.51. The Bertz CT molecular complexity index is 946. The number of pyridine rings is 1. The molecule has 146 valence electrons. The molecule has 1 saturated heterocycles. The van der Waals surface area contributed by atoms with Crippen LogP contribution in [0.5, 0.6) is 0 Å². The second-order valence-corrected chi connectivity index (χ2v) is 6.77. The lowest BCUT2D eigenvalue weighted by Crippen LogP contribution is -2.44. The van der Waals surface area contributed by atoms with Gasteiger partial charge in [0.15, 0.2) is 5.96 Å². The second-order valence-electron chi connectivity index (χ2n) is 6.77. The van der Waals surface area contributed by atoms with Crippen LogP contribution in [0.2, 0.25) is 0 Å².